The number of unbranched alkanes of at least 4 members (excludes halogenated alkanes) is 6. The molecule has 0 aliphatic carbocycles. The number of benzene rings is 1. The molecule has 1 rings (SSSR count). The minimum Gasteiger partial charge on any atom is -0.496 e. The predicted octanol–water partition coefficient (Wildman–Crippen LogP) is 5.45. The Morgan fingerprint density at radius 1 is 0.952 bits per heavy atom. The van der Waals surface area contributed by atoms with Crippen molar-refractivity contribution in [2.24, 2.45) is 5.73 Å². The lowest BCUT2D eigenvalue weighted by molar-refractivity contribution is 0.408. The Morgan fingerprint density at radius 3 is 2.00 bits per heavy atom. The van der Waals surface area contributed by atoms with Gasteiger partial charge in [0.05, 0.1) is 7.11 Å². The van der Waals surface area contributed by atoms with Gasteiger partial charge in [-0.15, -0.1) is 0 Å². The summed E-state index contributed by atoms with van der Waals surface area (Å²) < 4.78 is 5.41. The van der Waals surface area contributed by atoms with Crippen LogP contribution in [0.4, 0.5) is 0 Å². The molecule has 0 spiro atoms. The van der Waals surface area contributed by atoms with Crippen LogP contribution < -0.4 is 10.5 Å². The molecule has 0 aliphatic heterocycles. The molecule has 0 fully saturated rings. The maximum Gasteiger partial charge on any atom is 0.124 e. The summed E-state index contributed by atoms with van der Waals surface area (Å²) in [6.45, 7) is 6.45. The number of hydrogen-bond acceptors (Lipinski definition) is 2. The lowest BCUT2D eigenvalue weighted by atomic mass is 9.96. The van der Waals surface area contributed by atoms with Gasteiger partial charge in [-0.2, -0.15) is 0 Å². The Kier molecular flexibility index (Phi) is 8.44. The van der Waals surface area contributed by atoms with Crippen molar-refractivity contribution < 1.29 is 4.74 Å². The van der Waals surface area contributed by atoms with Crippen LogP contribution in [0.5, 0.6) is 5.75 Å². The predicted molar refractivity (Wildman–Crippen MR) is 92.0 cm³/mol. The molecule has 0 heterocycles. The van der Waals surface area contributed by atoms with Crippen LogP contribution >= 0.6 is 0 Å². The molecule has 1 atom stereocenters. The van der Waals surface area contributed by atoms with E-state index in [1.165, 1.54) is 61.6 Å². The van der Waals surface area contributed by atoms with Crippen LogP contribution in [-0.2, 0) is 0 Å². The van der Waals surface area contributed by atoms with Crippen molar-refractivity contribution in [3.8, 4) is 5.75 Å². The van der Waals surface area contributed by atoms with Crippen LogP contribution in [0.2, 0.25) is 0 Å². The van der Waals surface area contributed by atoms with Crippen molar-refractivity contribution >= 4 is 0 Å². The second-order valence-electron chi connectivity index (χ2n) is 6.20. The highest BCUT2D eigenvalue weighted by molar-refractivity contribution is 5.44. The molecule has 0 bridgehead atoms. The third-order valence-corrected chi connectivity index (χ3v) is 4.23. The van der Waals surface area contributed by atoms with Crippen LogP contribution in [0.1, 0.15) is 81.0 Å². The SMILES string of the molecule is CCCCCCCCCC(N)c1cc(C)c(OC)c(C)c1. The van der Waals surface area contributed by atoms with Crippen molar-refractivity contribution in [1.82, 2.24) is 0 Å². The van der Waals surface area contributed by atoms with Gasteiger partial charge in [0.2, 0.25) is 0 Å². The molecule has 1 aromatic rings. The summed E-state index contributed by atoms with van der Waals surface area (Å²) in [5.74, 6) is 0.988. The highest BCUT2D eigenvalue weighted by atomic mass is 16.5. The maximum absolute atomic E-state index is 6.35. The van der Waals surface area contributed by atoms with E-state index in [0.717, 1.165) is 12.2 Å². The first-order valence-corrected chi connectivity index (χ1v) is 8.50. The molecule has 0 aromatic heterocycles. The zero-order valence-corrected chi connectivity index (χ0v) is 14.4. The van der Waals surface area contributed by atoms with Gasteiger partial charge in [0.15, 0.2) is 0 Å². The summed E-state index contributed by atoms with van der Waals surface area (Å²) >= 11 is 0. The van der Waals surface area contributed by atoms with E-state index in [1.807, 2.05) is 0 Å². The van der Waals surface area contributed by atoms with E-state index in [4.69, 9.17) is 10.5 Å². The van der Waals surface area contributed by atoms with Crippen LogP contribution in [0, 0.1) is 13.8 Å². The molecule has 2 N–H and O–H groups in total. The van der Waals surface area contributed by atoms with Crippen molar-refractivity contribution in [1.29, 1.82) is 0 Å². The average molecular weight is 291 g/mol. The van der Waals surface area contributed by atoms with E-state index in [0.29, 0.717) is 0 Å². The van der Waals surface area contributed by atoms with Crippen LogP contribution in [0.25, 0.3) is 0 Å². The Morgan fingerprint density at radius 2 is 1.48 bits per heavy atom. The summed E-state index contributed by atoms with van der Waals surface area (Å²) in [6, 6.07) is 4.51. The highest BCUT2D eigenvalue weighted by Gasteiger charge is 2.10. The first kappa shape index (κ1) is 18.0. The monoisotopic (exact) mass is 291 g/mol. The molecule has 0 radical (unpaired) electrons. The van der Waals surface area contributed by atoms with Crippen molar-refractivity contribution in [3.63, 3.8) is 0 Å². The molecule has 0 saturated carbocycles. The Labute approximate surface area is 131 Å². The van der Waals surface area contributed by atoms with E-state index in [-0.39, 0.29) is 6.04 Å². The van der Waals surface area contributed by atoms with Gasteiger partial charge in [-0.3, -0.25) is 0 Å². The fraction of sp³-hybridized carbons (Fsp3) is 0.684. The minimum absolute atomic E-state index is 0.156. The van der Waals surface area contributed by atoms with E-state index < -0.39 is 0 Å². The number of ether oxygens (including phenoxy) is 1. The summed E-state index contributed by atoms with van der Waals surface area (Å²) in [5, 5.41) is 0. The zero-order chi connectivity index (χ0) is 15.7. The van der Waals surface area contributed by atoms with Crippen LogP contribution in [-0.4, -0.2) is 7.11 Å². The number of nitrogens with two attached hydrogens (primary N) is 1. The summed E-state index contributed by atoms with van der Waals surface area (Å²) in [4.78, 5) is 0. The summed E-state index contributed by atoms with van der Waals surface area (Å²) in [6.07, 6.45) is 10.4. The quantitative estimate of drug-likeness (QED) is 0.581. The molecule has 1 aromatic carbocycles. The molecule has 21 heavy (non-hydrogen) atoms. The standard InChI is InChI=1S/C19H33NO/c1-5-6-7-8-9-10-11-12-18(20)17-13-15(2)19(21-4)16(3)14-17/h13-14,18H,5-12,20H2,1-4H3. The van der Waals surface area contributed by atoms with Crippen molar-refractivity contribution in [3.05, 3.63) is 28.8 Å². The van der Waals surface area contributed by atoms with Crippen LogP contribution in [0.3, 0.4) is 0 Å². The van der Waals surface area contributed by atoms with Gasteiger partial charge < -0.3 is 10.5 Å². The summed E-state index contributed by atoms with van der Waals surface area (Å²) in [5.41, 5.74) is 9.96. The fourth-order valence-corrected chi connectivity index (χ4v) is 3.01. The molecular weight excluding hydrogens is 258 g/mol. The average Bonchev–Trinajstić information content (AvgIpc) is 2.45. The minimum atomic E-state index is 0.156. The highest BCUT2D eigenvalue weighted by Crippen LogP contribution is 2.28. The van der Waals surface area contributed by atoms with E-state index in [1.54, 1.807) is 7.11 Å². The molecule has 120 valence electrons. The normalized spacial score (nSPS) is 12.4. The molecular formula is C19H33NO. The van der Waals surface area contributed by atoms with Gasteiger partial charge in [-0.05, 0) is 37.0 Å². The van der Waals surface area contributed by atoms with Gasteiger partial charge in [0, 0.05) is 6.04 Å². The Bertz CT molecular complexity index is 391. The second kappa shape index (κ2) is 9.83. The smallest absolute Gasteiger partial charge is 0.124 e. The molecule has 2 heteroatoms. The van der Waals surface area contributed by atoms with E-state index in [2.05, 4.69) is 32.9 Å². The van der Waals surface area contributed by atoms with Gasteiger partial charge in [0.1, 0.15) is 5.75 Å². The van der Waals surface area contributed by atoms with E-state index in [9.17, 15) is 0 Å². The number of aryl methyl sites for hydroxylation is 2. The largest absolute Gasteiger partial charge is 0.496 e. The van der Waals surface area contributed by atoms with Crippen molar-refractivity contribution in [2.45, 2.75) is 78.2 Å². The summed E-state index contributed by atoms with van der Waals surface area (Å²) in [7, 11) is 1.73. The lowest BCUT2D eigenvalue weighted by Gasteiger charge is -2.16. The molecule has 0 saturated heterocycles. The Balaban J connectivity index is 2.37. The second-order valence-corrected chi connectivity index (χ2v) is 6.20. The molecule has 2 nitrogen and oxygen atoms in total. The third kappa shape index (κ3) is 6.09. The van der Waals surface area contributed by atoms with Crippen molar-refractivity contribution in [2.75, 3.05) is 7.11 Å². The Hall–Kier alpha value is -1.02. The molecule has 0 amide bonds. The molecule has 0 aliphatic rings. The van der Waals surface area contributed by atoms with E-state index >= 15 is 0 Å². The lowest BCUT2D eigenvalue weighted by Crippen LogP contribution is -2.11. The first-order chi connectivity index (χ1) is 10.1. The topological polar surface area (TPSA) is 35.2 Å². The van der Waals surface area contributed by atoms with Gasteiger partial charge >= 0.3 is 0 Å². The zero-order valence-electron chi connectivity index (χ0n) is 14.4. The van der Waals surface area contributed by atoms with Gasteiger partial charge in [0.25, 0.3) is 0 Å². The number of hydrogen-bond donors (Lipinski definition) is 1. The van der Waals surface area contributed by atoms with Gasteiger partial charge in [-0.25, -0.2) is 0 Å². The van der Waals surface area contributed by atoms with Crippen LogP contribution in [0.15, 0.2) is 12.1 Å². The number of methoxy groups -OCH3 is 1. The third-order valence-electron chi connectivity index (χ3n) is 4.23. The maximum atomic E-state index is 6.35. The fourth-order valence-electron chi connectivity index (χ4n) is 3.01. The van der Waals surface area contributed by atoms with Gasteiger partial charge in [-0.1, -0.05) is 64.0 Å². The number of rotatable bonds is 10. The molecule has 1 unspecified atom stereocenters. The first-order valence-electron chi connectivity index (χ1n) is 8.50.